The van der Waals surface area contributed by atoms with Gasteiger partial charge in [0.05, 0.1) is 12.0 Å². The molecule has 7 heteroatoms. The predicted molar refractivity (Wildman–Crippen MR) is 75.4 cm³/mol. The zero-order valence-electron chi connectivity index (χ0n) is 12.7. The van der Waals surface area contributed by atoms with Gasteiger partial charge in [-0.15, -0.1) is 0 Å². The Morgan fingerprint density at radius 3 is 2.05 bits per heavy atom. The summed E-state index contributed by atoms with van der Waals surface area (Å²) in [5, 5.41) is 14.0. The number of hydrogen-bond acceptors (Lipinski definition) is 3. The van der Waals surface area contributed by atoms with Crippen LogP contribution in [-0.2, 0) is 9.59 Å². The van der Waals surface area contributed by atoms with Gasteiger partial charge in [0.1, 0.15) is 0 Å². The molecule has 1 atom stereocenters. The third kappa shape index (κ3) is 5.46. The highest BCUT2D eigenvalue weighted by Crippen LogP contribution is 2.19. The summed E-state index contributed by atoms with van der Waals surface area (Å²) >= 11 is 0. The molecule has 116 valence electrons. The molecule has 3 N–H and O–H groups in total. The van der Waals surface area contributed by atoms with Crippen molar-refractivity contribution in [3.63, 3.8) is 0 Å². The van der Waals surface area contributed by atoms with E-state index < -0.39 is 17.4 Å². The summed E-state index contributed by atoms with van der Waals surface area (Å²) in [6.07, 6.45) is 0.404. The molecule has 0 saturated heterocycles. The molecule has 0 spiro atoms. The van der Waals surface area contributed by atoms with Gasteiger partial charge in [-0.1, -0.05) is 6.92 Å². The van der Waals surface area contributed by atoms with Crippen LogP contribution >= 0.6 is 0 Å². The van der Waals surface area contributed by atoms with E-state index in [9.17, 15) is 14.4 Å². The third-order valence-corrected chi connectivity index (χ3v) is 3.45. The van der Waals surface area contributed by atoms with Crippen LogP contribution in [0.1, 0.15) is 34.1 Å². The Morgan fingerprint density at radius 1 is 1.10 bits per heavy atom. The molecule has 0 aromatic heterocycles. The summed E-state index contributed by atoms with van der Waals surface area (Å²) < 4.78 is 0. The second-order valence-electron chi connectivity index (χ2n) is 4.82. The fraction of sp³-hybridized carbons (Fsp3) is 0.769. The quantitative estimate of drug-likeness (QED) is 0.610. The maximum Gasteiger partial charge on any atom is 0.315 e. The normalized spacial score (nSPS) is 13.2. The average molecular weight is 287 g/mol. The fourth-order valence-electron chi connectivity index (χ4n) is 1.53. The minimum absolute atomic E-state index is 0.0180. The number of likely N-dealkylation sites (N-methyl/N-ethyl adjacent to an activating group) is 1. The van der Waals surface area contributed by atoms with Gasteiger partial charge in [0.15, 0.2) is 0 Å². The molecule has 0 radical (unpaired) electrons. The van der Waals surface area contributed by atoms with Crippen LogP contribution in [0.25, 0.3) is 0 Å². The second-order valence-corrected chi connectivity index (χ2v) is 4.82. The van der Waals surface area contributed by atoms with Crippen LogP contribution in [0.3, 0.4) is 0 Å². The summed E-state index contributed by atoms with van der Waals surface area (Å²) in [4.78, 5) is 35.9. The van der Waals surface area contributed by atoms with Crippen molar-refractivity contribution in [1.29, 1.82) is 0 Å². The Kier molecular flexibility index (Phi) is 7.64. The Hall–Kier alpha value is -1.79. The van der Waals surface area contributed by atoms with Gasteiger partial charge in [-0.25, -0.2) is 4.79 Å². The maximum absolute atomic E-state index is 11.7. The van der Waals surface area contributed by atoms with Crippen molar-refractivity contribution >= 4 is 17.9 Å². The number of nitrogens with one attached hydrogen (secondary N) is 2. The molecule has 7 nitrogen and oxygen atoms in total. The van der Waals surface area contributed by atoms with E-state index in [-0.39, 0.29) is 19.0 Å². The molecule has 0 aliphatic rings. The number of aliphatic carboxylic acids is 1. The highest BCUT2D eigenvalue weighted by molar-refractivity contribution is 5.84. The van der Waals surface area contributed by atoms with Crippen LogP contribution in [0.4, 0.5) is 4.79 Å². The van der Waals surface area contributed by atoms with E-state index >= 15 is 0 Å². The first-order valence-electron chi connectivity index (χ1n) is 6.83. The molecular weight excluding hydrogens is 262 g/mol. The van der Waals surface area contributed by atoms with Crippen molar-refractivity contribution in [2.75, 3.05) is 26.2 Å². The number of carboxylic acids is 1. The van der Waals surface area contributed by atoms with Crippen molar-refractivity contribution < 1.29 is 19.5 Å². The zero-order chi connectivity index (χ0) is 15.8. The standard InChI is InChI=1S/C13H25N3O4/c1-5-13(4,11(18)19)9-15-12(20)14-8-10(17)16(6-2)7-3/h5-9H2,1-4H3,(H,18,19)(H2,14,15,20). The number of urea groups is 1. The highest BCUT2D eigenvalue weighted by Gasteiger charge is 2.31. The first-order chi connectivity index (χ1) is 9.30. The van der Waals surface area contributed by atoms with Gasteiger partial charge in [0.2, 0.25) is 5.91 Å². The molecule has 3 amide bonds. The number of rotatable bonds is 8. The minimum Gasteiger partial charge on any atom is -0.481 e. The van der Waals surface area contributed by atoms with Crippen LogP contribution < -0.4 is 10.6 Å². The lowest BCUT2D eigenvalue weighted by molar-refractivity contribution is -0.147. The molecule has 0 aromatic rings. The molecule has 0 aromatic carbocycles. The number of hydrogen-bond donors (Lipinski definition) is 3. The van der Waals surface area contributed by atoms with Gasteiger partial charge in [-0.3, -0.25) is 9.59 Å². The summed E-state index contributed by atoms with van der Waals surface area (Å²) in [5.74, 6) is -1.12. The van der Waals surface area contributed by atoms with Crippen molar-refractivity contribution in [3.8, 4) is 0 Å². The summed E-state index contributed by atoms with van der Waals surface area (Å²) in [5.41, 5.74) is -1.000. The zero-order valence-corrected chi connectivity index (χ0v) is 12.7. The van der Waals surface area contributed by atoms with E-state index in [1.54, 1.807) is 18.7 Å². The van der Waals surface area contributed by atoms with E-state index in [1.807, 2.05) is 13.8 Å². The molecule has 20 heavy (non-hydrogen) atoms. The third-order valence-electron chi connectivity index (χ3n) is 3.45. The van der Waals surface area contributed by atoms with Gasteiger partial charge >= 0.3 is 12.0 Å². The highest BCUT2D eigenvalue weighted by atomic mass is 16.4. The molecule has 0 rings (SSSR count). The summed E-state index contributed by atoms with van der Waals surface area (Å²) in [7, 11) is 0. The number of amides is 3. The SMILES string of the molecule is CCN(CC)C(=O)CNC(=O)NCC(C)(CC)C(=O)O. The van der Waals surface area contributed by atoms with Crippen LogP contribution in [0.2, 0.25) is 0 Å². The molecule has 0 aliphatic heterocycles. The number of carbonyl (C=O) groups excluding carboxylic acids is 2. The molecule has 0 fully saturated rings. The van der Waals surface area contributed by atoms with E-state index in [2.05, 4.69) is 10.6 Å². The summed E-state index contributed by atoms with van der Waals surface area (Å²) in [6, 6.07) is -0.536. The topological polar surface area (TPSA) is 98.7 Å². The molecule has 0 heterocycles. The lowest BCUT2D eigenvalue weighted by atomic mass is 9.88. The predicted octanol–water partition coefficient (Wildman–Crippen LogP) is 0.655. The van der Waals surface area contributed by atoms with Gasteiger partial charge in [-0.05, 0) is 27.2 Å². The average Bonchev–Trinajstić information content (AvgIpc) is 2.43. The Labute approximate surface area is 119 Å². The van der Waals surface area contributed by atoms with Crippen LogP contribution in [0.5, 0.6) is 0 Å². The van der Waals surface area contributed by atoms with Crippen LogP contribution in [0.15, 0.2) is 0 Å². The molecule has 1 unspecified atom stereocenters. The second kappa shape index (κ2) is 8.39. The molecule has 0 aliphatic carbocycles. The Morgan fingerprint density at radius 2 is 1.65 bits per heavy atom. The van der Waals surface area contributed by atoms with E-state index in [0.29, 0.717) is 19.5 Å². The first-order valence-corrected chi connectivity index (χ1v) is 6.83. The fourth-order valence-corrected chi connectivity index (χ4v) is 1.53. The van der Waals surface area contributed by atoms with E-state index in [1.165, 1.54) is 0 Å². The molecule has 0 bridgehead atoms. The largest absolute Gasteiger partial charge is 0.481 e. The minimum atomic E-state index is -1.000. The van der Waals surface area contributed by atoms with Crippen molar-refractivity contribution in [2.45, 2.75) is 34.1 Å². The Balaban J connectivity index is 4.19. The number of carbonyl (C=O) groups is 3. The van der Waals surface area contributed by atoms with E-state index in [0.717, 1.165) is 0 Å². The van der Waals surface area contributed by atoms with E-state index in [4.69, 9.17) is 5.11 Å². The van der Waals surface area contributed by atoms with Crippen molar-refractivity contribution in [3.05, 3.63) is 0 Å². The lowest BCUT2D eigenvalue weighted by Crippen LogP contribution is -2.47. The number of carboxylic acid groups (broad SMARTS) is 1. The van der Waals surface area contributed by atoms with Crippen molar-refractivity contribution in [1.82, 2.24) is 15.5 Å². The first kappa shape index (κ1) is 18.2. The van der Waals surface area contributed by atoms with Crippen molar-refractivity contribution in [2.24, 2.45) is 5.41 Å². The summed E-state index contributed by atoms with van der Waals surface area (Å²) in [6.45, 7) is 8.14. The maximum atomic E-state index is 11.7. The van der Waals surface area contributed by atoms with Gasteiger partial charge in [0, 0.05) is 19.6 Å². The molecule has 0 saturated carbocycles. The van der Waals surface area contributed by atoms with Gasteiger partial charge < -0.3 is 20.6 Å². The van der Waals surface area contributed by atoms with Gasteiger partial charge in [-0.2, -0.15) is 0 Å². The van der Waals surface area contributed by atoms with Crippen LogP contribution in [-0.4, -0.2) is 54.1 Å². The number of nitrogens with zero attached hydrogens (tertiary/aromatic N) is 1. The Bertz CT molecular complexity index is 356. The lowest BCUT2D eigenvalue weighted by Gasteiger charge is -2.23. The molecular formula is C13H25N3O4. The smallest absolute Gasteiger partial charge is 0.315 e. The van der Waals surface area contributed by atoms with Crippen LogP contribution in [0, 0.1) is 5.41 Å². The monoisotopic (exact) mass is 287 g/mol. The van der Waals surface area contributed by atoms with Gasteiger partial charge in [0.25, 0.3) is 0 Å².